The minimum absolute atomic E-state index is 0.565. The van der Waals surface area contributed by atoms with Crippen LogP contribution < -0.4 is 4.74 Å². The number of hydrogen-bond donors (Lipinski definition) is 0. The van der Waals surface area contributed by atoms with E-state index in [0.29, 0.717) is 12.0 Å². The lowest BCUT2D eigenvalue weighted by atomic mass is 10.1. The highest BCUT2D eigenvalue weighted by Gasteiger charge is 2.34. The van der Waals surface area contributed by atoms with Crippen LogP contribution in [0.15, 0.2) is 48.5 Å². The van der Waals surface area contributed by atoms with Crippen LogP contribution in [-0.4, -0.2) is 45.4 Å². The summed E-state index contributed by atoms with van der Waals surface area (Å²) in [7, 11) is 0. The summed E-state index contributed by atoms with van der Waals surface area (Å²) in [6.45, 7) is 11.7. The van der Waals surface area contributed by atoms with Crippen molar-refractivity contribution in [2.75, 3.05) is 19.7 Å². The van der Waals surface area contributed by atoms with Crippen molar-refractivity contribution in [3.63, 3.8) is 0 Å². The molecular weight excluding hydrogens is 348 g/mol. The van der Waals surface area contributed by atoms with Gasteiger partial charge in [0.05, 0.1) is 6.04 Å². The van der Waals surface area contributed by atoms with E-state index < -0.39 is 0 Å². The molecule has 0 bridgehead atoms. The van der Waals surface area contributed by atoms with E-state index in [-0.39, 0.29) is 0 Å². The van der Waals surface area contributed by atoms with Gasteiger partial charge in [-0.25, -0.2) is 0 Å². The lowest BCUT2D eigenvalue weighted by Gasteiger charge is -2.12. The molecule has 1 saturated heterocycles. The van der Waals surface area contributed by atoms with E-state index in [1.165, 1.54) is 5.56 Å². The van der Waals surface area contributed by atoms with Crippen molar-refractivity contribution >= 4 is 0 Å². The van der Waals surface area contributed by atoms with Crippen LogP contribution in [0.4, 0.5) is 0 Å². The molecule has 0 radical (unpaired) electrons. The second kappa shape index (κ2) is 7.76. The van der Waals surface area contributed by atoms with Crippen LogP contribution in [0.25, 0.3) is 17.1 Å². The molecule has 5 nitrogen and oxygen atoms in total. The Morgan fingerprint density at radius 2 is 1.79 bits per heavy atom. The minimum Gasteiger partial charge on any atom is -0.492 e. The van der Waals surface area contributed by atoms with Crippen molar-refractivity contribution in [1.82, 2.24) is 19.7 Å². The molecule has 1 fully saturated rings. The van der Waals surface area contributed by atoms with Crippen LogP contribution in [0, 0.1) is 19.8 Å². The van der Waals surface area contributed by atoms with Crippen LogP contribution in [0.1, 0.15) is 25.2 Å². The second-order valence-corrected chi connectivity index (χ2v) is 8.03. The van der Waals surface area contributed by atoms with Gasteiger partial charge in [0.1, 0.15) is 18.2 Å². The molecule has 5 heteroatoms. The molecule has 2 heterocycles. The van der Waals surface area contributed by atoms with Gasteiger partial charge in [-0.3, -0.25) is 9.47 Å². The highest BCUT2D eigenvalue weighted by molar-refractivity contribution is 5.62. The highest BCUT2D eigenvalue weighted by Crippen LogP contribution is 2.27. The van der Waals surface area contributed by atoms with E-state index >= 15 is 0 Å². The summed E-state index contributed by atoms with van der Waals surface area (Å²) in [5.41, 5.74) is 3.33. The first-order chi connectivity index (χ1) is 13.5. The molecule has 0 amide bonds. The second-order valence-electron chi connectivity index (χ2n) is 8.03. The molecule has 3 aromatic rings. The van der Waals surface area contributed by atoms with E-state index in [2.05, 4.69) is 64.7 Å². The SMILES string of the molecule is Cc1ccccc1-c1nnc(C)n1-c1ccc(OCC2CN2CC(C)C)cc1. The van der Waals surface area contributed by atoms with Crippen molar-refractivity contribution < 1.29 is 4.74 Å². The van der Waals surface area contributed by atoms with E-state index in [9.17, 15) is 0 Å². The molecule has 146 valence electrons. The maximum Gasteiger partial charge on any atom is 0.168 e. The number of benzene rings is 2. The van der Waals surface area contributed by atoms with Crippen molar-refractivity contribution in [3.8, 4) is 22.8 Å². The van der Waals surface area contributed by atoms with Crippen LogP contribution >= 0.6 is 0 Å². The molecule has 4 rings (SSSR count). The maximum absolute atomic E-state index is 6.00. The first kappa shape index (κ1) is 18.7. The first-order valence-electron chi connectivity index (χ1n) is 9.98. The normalized spacial score (nSPS) is 18.5. The lowest BCUT2D eigenvalue weighted by Crippen LogP contribution is -2.14. The molecule has 1 aliphatic heterocycles. The van der Waals surface area contributed by atoms with Crippen molar-refractivity contribution in [3.05, 3.63) is 59.9 Å². The summed E-state index contributed by atoms with van der Waals surface area (Å²) in [5, 5.41) is 8.73. The van der Waals surface area contributed by atoms with Gasteiger partial charge in [0, 0.05) is 24.3 Å². The zero-order chi connectivity index (χ0) is 19.7. The van der Waals surface area contributed by atoms with Crippen molar-refractivity contribution in [2.45, 2.75) is 33.7 Å². The van der Waals surface area contributed by atoms with Gasteiger partial charge in [0.25, 0.3) is 0 Å². The number of aryl methyl sites for hydroxylation is 2. The monoisotopic (exact) mass is 376 g/mol. The van der Waals surface area contributed by atoms with Crippen molar-refractivity contribution in [2.24, 2.45) is 5.92 Å². The highest BCUT2D eigenvalue weighted by atomic mass is 16.5. The number of nitrogens with zero attached hydrogens (tertiary/aromatic N) is 4. The zero-order valence-corrected chi connectivity index (χ0v) is 17.1. The predicted molar refractivity (Wildman–Crippen MR) is 112 cm³/mol. The molecule has 2 aromatic carbocycles. The third-order valence-corrected chi connectivity index (χ3v) is 5.18. The predicted octanol–water partition coefficient (Wildman–Crippen LogP) is 4.27. The molecular formula is C23H28N4O. The van der Waals surface area contributed by atoms with E-state index in [4.69, 9.17) is 4.74 Å². The Kier molecular flexibility index (Phi) is 5.18. The Bertz CT molecular complexity index is 945. The molecule has 28 heavy (non-hydrogen) atoms. The standard InChI is InChI=1S/C23H28N4O/c1-16(2)13-26-14-20(26)15-28-21-11-9-19(10-12-21)27-18(4)24-25-23(27)22-8-6-5-7-17(22)3/h5-12,16,20H,13-15H2,1-4H3. The third kappa shape index (κ3) is 3.94. The van der Waals surface area contributed by atoms with Gasteiger partial charge < -0.3 is 4.74 Å². The molecule has 0 spiro atoms. The molecule has 0 saturated carbocycles. The summed E-state index contributed by atoms with van der Waals surface area (Å²) in [5.74, 6) is 3.35. The van der Waals surface area contributed by atoms with Crippen LogP contribution in [0.3, 0.4) is 0 Å². The number of hydrogen-bond acceptors (Lipinski definition) is 4. The maximum atomic E-state index is 6.00. The average Bonchev–Trinajstić information content (AvgIpc) is 3.29. The van der Waals surface area contributed by atoms with Gasteiger partial charge in [-0.2, -0.15) is 0 Å². The van der Waals surface area contributed by atoms with Gasteiger partial charge in [0.2, 0.25) is 0 Å². The molecule has 1 aliphatic rings. The van der Waals surface area contributed by atoms with Gasteiger partial charge >= 0.3 is 0 Å². The molecule has 0 aliphatic carbocycles. The van der Waals surface area contributed by atoms with Gasteiger partial charge in [-0.05, 0) is 49.6 Å². The third-order valence-electron chi connectivity index (χ3n) is 5.18. The topological polar surface area (TPSA) is 42.9 Å². The average molecular weight is 377 g/mol. The largest absolute Gasteiger partial charge is 0.492 e. The summed E-state index contributed by atoms with van der Waals surface area (Å²) < 4.78 is 8.09. The fourth-order valence-corrected chi connectivity index (χ4v) is 3.63. The number of rotatable bonds is 7. The molecule has 2 unspecified atom stereocenters. The van der Waals surface area contributed by atoms with Crippen molar-refractivity contribution in [1.29, 1.82) is 0 Å². The van der Waals surface area contributed by atoms with Gasteiger partial charge in [-0.15, -0.1) is 10.2 Å². The van der Waals surface area contributed by atoms with E-state index in [1.54, 1.807) is 0 Å². The molecule has 1 aromatic heterocycles. The zero-order valence-electron chi connectivity index (χ0n) is 17.1. The van der Waals surface area contributed by atoms with Crippen LogP contribution in [0.2, 0.25) is 0 Å². The fourth-order valence-electron chi connectivity index (χ4n) is 3.63. The van der Waals surface area contributed by atoms with Gasteiger partial charge in [-0.1, -0.05) is 38.1 Å². The summed E-state index contributed by atoms with van der Waals surface area (Å²) in [6, 6.07) is 17.0. The quantitative estimate of drug-likeness (QED) is 0.578. The smallest absolute Gasteiger partial charge is 0.168 e. The summed E-state index contributed by atoms with van der Waals surface area (Å²) >= 11 is 0. The Labute approximate surface area is 167 Å². The Hall–Kier alpha value is -2.66. The van der Waals surface area contributed by atoms with E-state index in [0.717, 1.165) is 48.3 Å². The number of aromatic nitrogens is 3. The number of ether oxygens (including phenoxy) is 1. The summed E-state index contributed by atoms with van der Waals surface area (Å²) in [6.07, 6.45) is 0. The van der Waals surface area contributed by atoms with E-state index in [1.807, 2.05) is 31.2 Å². The summed E-state index contributed by atoms with van der Waals surface area (Å²) in [4.78, 5) is 2.47. The van der Waals surface area contributed by atoms with Crippen LogP contribution in [-0.2, 0) is 0 Å². The van der Waals surface area contributed by atoms with Gasteiger partial charge in [0.15, 0.2) is 5.82 Å². The Morgan fingerprint density at radius 3 is 2.50 bits per heavy atom. The Balaban J connectivity index is 1.48. The molecule has 0 N–H and O–H groups in total. The Morgan fingerprint density at radius 1 is 1.04 bits per heavy atom. The first-order valence-corrected chi connectivity index (χ1v) is 9.98. The fraction of sp³-hybridized carbons (Fsp3) is 0.391. The molecule has 2 atom stereocenters. The van der Waals surface area contributed by atoms with Crippen LogP contribution in [0.5, 0.6) is 5.75 Å². The minimum atomic E-state index is 0.565. The lowest BCUT2D eigenvalue weighted by molar-refractivity contribution is 0.287.